The number of aryl methyl sites for hydroxylation is 1. The summed E-state index contributed by atoms with van der Waals surface area (Å²) in [5.41, 5.74) is 4.63. The van der Waals surface area contributed by atoms with Gasteiger partial charge in [0, 0.05) is 22.0 Å². The van der Waals surface area contributed by atoms with Crippen molar-refractivity contribution in [2.45, 2.75) is 19.0 Å². The maximum absolute atomic E-state index is 12.6. The molecule has 1 N–H and O–H groups in total. The number of amides is 1. The quantitative estimate of drug-likeness (QED) is 0.371. The van der Waals surface area contributed by atoms with Gasteiger partial charge in [-0.3, -0.25) is 9.36 Å². The van der Waals surface area contributed by atoms with E-state index in [0.29, 0.717) is 15.9 Å². The molecule has 4 aromatic rings. The second-order valence-corrected chi connectivity index (χ2v) is 8.44. The molecule has 0 atom stereocenters. The van der Waals surface area contributed by atoms with Crippen molar-refractivity contribution < 1.29 is 4.79 Å². The van der Waals surface area contributed by atoms with Crippen LogP contribution in [0.2, 0.25) is 5.02 Å². The van der Waals surface area contributed by atoms with E-state index in [1.54, 1.807) is 6.07 Å². The number of hydrogen-bond donors (Lipinski definition) is 1. The van der Waals surface area contributed by atoms with Gasteiger partial charge in [0.1, 0.15) is 0 Å². The second-order valence-electron chi connectivity index (χ2n) is 7.09. The molecule has 0 spiro atoms. The van der Waals surface area contributed by atoms with Gasteiger partial charge in [0.15, 0.2) is 11.0 Å². The van der Waals surface area contributed by atoms with Gasteiger partial charge < -0.3 is 5.32 Å². The lowest BCUT2D eigenvalue weighted by molar-refractivity contribution is -0.113. The minimum Gasteiger partial charge on any atom is -0.325 e. The van der Waals surface area contributed by atoms with E-state index in [-0.39, 0.29) is 11.7 Å². The number of carbonyl (C=O) groups excluding carboxylic acids is 1. The third-order valence-electron chi connectivity index (χ3n) is 4.83. The van der Waals surface area contributed by atoms with Crippen LogP contribution >= 0.6 is 23.4 Å². The number of benzene rings is 3. The van der Waals surface area contributed by atoms with Crippen molar-refractivity contribution in [3.05, 3.63) is 88.9 Å². The van der Waals surface area contributed by atoms with Crippen molar-refractivity contribution in [1.29, 1.82) is 0 Å². The smallest absolute Gasteiger partial charge is 0.234 e. The zero-order chi connectivity index (χ0) is 21.8. The van der Waals surface area contributed by atoms with Crippen LogP contribution in [0, 0.1) is 13.8 Å². The first-order valence-electron chi connectivity index (χ1n) is 9.78. The molecule has 0 aliphatic carbocycles. The molecule has 0 fully saturated rings. The summed E-state index contributed by atoms with van der Waals surface area (Å²) in [6, 6.07) is 23.5. The number of rotatable bonds is 6. The topological polar surface area (TPSA) is 59.8 Å². The average molecular weight is 449 g/mol. The fourth-order valence-electron chi connectivity index (χ4n) is 3.12. The Hall–Kier alpha value is -3.09. The van der Waals surface area contributed by atoms with E-state index in [0.717, 1.165) is 22.6 Å². The fraction of sp³-hybridized carbons (Fsp3) is 0.125. The first-order valence-corrected chi connectivity index (χ1v) is 11.1. The lowest BCUT2D eigenvalue weighted by Gasteiger charge is -2.12. The van der Waals surface area contributed by atoms with Gasteiger partial charge in [-0.05, 0) is 43.7 Å². The molecule has 0 saturated carbocycles. The maximum atomic E-state index is 12.6. The number of halogens is 1. The monoisotopic (exact) mass is 448 g/mol. The molecule has 0 bridgehead atoms. The molecule has 156 valence electrons. The summed E-state index contributed by atoms with van der Waals surface area (Å²) < 4.78 is 1.98. The molecular weight excluding hydrogens is 428 g/mol. The molecule has 0 radical (unpaired) electrons. The van der Waals surface area contributed by atoms with E-state index in [9.17, 15) is 4.79 Å². The van der Waals surface area contributed by atoms with Crippen LogP contribution in [-0.4, -0.2) is 26.4 Å². The standard InChI is InChI=1S/C24H21ClN4OS/c1-16-11-13-19(14-12-16)29-23(18-7-4-3-5-8-18)27-28-24(29)31-15-22(30)26-21-10-6-9-20(25)17(21)2/h3-14H,15H2,1-2H3,(H,26,30). The van der Waals surface area contributed by atoms with Crippen LogP contribution in [0.1, 0.15) is 11.1 Å². The number of anilines is 1. The van der Waals surface area contributed by atoms with Crippen LogP contribution in [0.3, 0.4) is 0 Å². The molecule has 4 rings (SSSR count). The summed E-state index contributed by atoms with van der Waals surface area (Å²) in [5, 5.41) is 13.0. The van der Waals surface area contributed by atoms with E-state index in [1.807, 2.05) is 85.1 Å². The van der Waals surface area contributed by atoms with Gasteiger partial charge in [-0.25, -0.2) is 0 Å². The second kappa shape index (κ2) is 9.37. The van der Waals surface area contributed by atoms with Crippen LogP contribution in [0.15, 0.2) is 78.0 Å². The predicted octanol–water partition coefficient (Wildman–Crippen LogP) is 5.94. The van der Waals surface area contributed by atoms with Gasteiger partial charge in [0.05, 0.1) is 5.75 Å². The average Bonchev–Trinajstić information content (AvgIpc) is 3.21. The highest BCUT2D eigenvalue weighted by Crippen LogP contribution is 2.28. The van der Waals surface area contributed by atoms with Gasteiger partial charge in [-0.2, -0.15) is 0 Å². The van der Waals surface area contributed by atoms with Crippen molar-refractivity contribution in [2.24, 2.45) is 0 Å². The largest absolute Gasteiger partial charge is 0.325 e. The minimum atomic E-state index is -0.130. The Kier molecular flexibility index (Phi) is 6.39. The van der Waals surface area contributed by atoms with E-state index < -0.39 is 0 Å². The number of thioether (sulfide) groups is 1. The highest BCUT2D eigenvalue weighted by Gasteiger charge is 2.17. The molecule has 0 saturated heterocycles. The summed E-state index contributed by atoms with van der Waals surface area (Å²) in [7, 11) is 0. The Morgan fingerprint density at radius 3 is 2.45 bits per heavy atom. The first kappa shape index (κ1) is 21.2. The lowest BCUT2D eigenvalue weighted by Crippen LogP contribution is -2.15. The Balaban J connectivity index is 1.59. The first-order chi connectivity index (χ1) is 15.0. The highest BCUT2D eigenvalue weighted by atomic mass is 35.5. The van der Waals surface area contributed by atoms with Gasteiger partial charge in [0.25, 0.3) is 0 Å². The molecule has 1 amide bonds. The predicted molar refractivity (Wildman–Crippen MR) is 127 cm³/mol. The molecule has 3 aromatic carbocycles. The van der Waals surface area contributed by atoms with E-state index in [1.165, 1.54) is 17.3 Å². The van der Waals surface area contributed by atoms with Crippen molar-refractivity contribution in [1.82, 2.24) is 14.8 Å². The number of hydrogen-bond acceptors (Lipinski definition) is 4. The molecule has 31 heavy (non-hydrogen) atoms. The van der Waals surface area contributed by atoms with Gasteiger partial charge >= 0.3 is 0 Å². The van der Waals surface area contributed by atoms with Crippen molar-refractivity contribution >= 4 is 35.0 Å². The zero-order valence-corrected chi connectivity index (χ0v) is 18.7. The summed E-state index contributed by atoms with van der Waals surface area (Å²) in [6.45, 7) is 3.93. The molecule has 7 heteroatoms. The maximum Gasteiger partial charge on any atom is 0.234 e. The normalized spacial score (nSPS) is 10.8. The van der Waals surface area contributed by atoms with Crippen LogP contribution in [-0.2, 0) is 4.79 Å². The number of nitrogens with one attached hydrogen (secondary N) is 1. The Morgan fingerprint density at radius 1 is 0.968 bits per heavy atom. The van der Waals surface area contributed by atoms with Crippen LogP contribution in [0.5, 0.6) is 0 Å². The molecule has 1 aromatic heterocycles. The third-order valence-corrected chi connectivity index (χ3v) is 6.17. The van der Waals surface area contributed by atoms with Crippen molar-refractivity contribution in [3.8, 4) is 17.1 Å². The molecular formula is C24H21ClN4OS. The summed E-state index contributed by atoms with van der Waals surface area (Å²) >= 11 is 7.50. The fourth-order valence-corrected chi connectivity index (χ4v) is 4.05. The Bertz CT molecular complexity index is 1210. The minimum absolute atomic E-state index is 0.130. The molecule has 0 aliphatic rings. The van der Waals surface area contributed by atoms with Crippen LogP contribution in [0.4, 0.5) is 5.69 Å². The molecule has 5 nitrogen and oxygen atoms in total. The summed E-state index contributed by atoms with van der Waals surface area (Å²) in [4.78, 5) is 12.6. The number of nitrogens with zero attached hydrogens (tertiary/aromatic N) is 3. The summed E-state index contributed by atoms with van der Waals surface area (Å²) in [5.74, 6) is 0.804. The third kappa shape index (κ3) is 4.81. The Morgan fingerprint density at radius 2 is 1.71 bits per heavy atom. The zero-order valence-electron chi connectivity index (χ0n) is 17.2. The lowest BCUT2D eigenvalue weighted by atomic mass is 10.2. The molecule has 0 aliphatic heterocycles. The molecule has 1 heterocycles. The van der Waals surface area contributed by atoms with Crippen molar-refractivity contribution in [2.75, 3.05) is 11.1 Å². The van der Waals surface area contributed by atoms with E-state index in [2.05, 4.69) is 15.5 Å². The highest BCUT2D eigenvalue weighted by molar-refractivity contribution is 7.99. The molecule has 0 unspecified atom stereocenters. The number of aromatic nitrogens is 3. The Labute approximate surface area is 190 Å². The summed E-state index contributed by atoms with van der Waals surface area (Å²) in [6.07, 6.45) is 0. The number of carbonyl (C=O) groups is 1. The van der Waals surface area contributed by atoms with Gasteiger partial charge in [0.2, 0.25) is 5.91 Å². The van der Waals surface area contributed by atoms with Crippen LogP contribution in [0.25, 0.3) is 17.1 Å². The van der Waals surface area contributed by atoms with E-state index in [4.69, 9.17) is 11.6 Å². The SMILES string of the molecule is Cc1ccc(-n2c(SCC(=O)Nc3cccc(Cl)c3C)nnc2-c2ccccc2)cc1. The van der Waals surface area contributed by atoms with Crippen molar-refractivity contribution in [3.63, 3.8) is 0 Å². The van der Waals surface area contributed by atoms with Gasteiger partial charge in [-0.1, -0.05) is 77.5 Å². The van der Waals surface area contributed by atoms with Crippen LogP contribution < -0.4 is 5.32 Å². The van der Waals surface area contributed by atoms with Gasteiger partial charge in [-0.15, -0.1) is 10.2 Å². The van der Waals surface area contributed by atoms with E-state index >= 15 is 0 Å².